The van der Waals surface area contributed by atoms with E-state index in [4.69, 9.17) is 17.3 Å². The smallest absolute Gasteiger partial charge is 0.131 e. The number of halogens is 1. The van der Waals surface area contributed by atoms with Gasteiger partial charge in [0.15, 0.2) is 0 Å². The minimum Gasteiger partial charge on any atom is -0.383 e. The van der Waals surface area contributed by atoms with Crippen LogP contribution in [0.4, 0.5) is 5.82 Å². The summed E-state index contributed by atoms with van der Waals surface area (Å²) < 4.78 is 1.91. The third-order valence-corrected chi connectivity index (χ3v) is 3.07. The standard InChI is InChI=1S/C12H14ClN3/c1-3-16-7-15-11(12(16)14)9-5-4-8(2)10(13)6-9/h4-7H,3,14H2,1-2H3. The Balaban J connectivity index is 2.50. The summed E-state index contributed by atoms with van der Waals surface area (Å²) in [7, 11) is 0. The number of benzene rings is 1. The quantitative estimate of drug-likeness (QED) is 0.869. The summed E-state index contributed by atoms with van der Waals surface area (Å²) in [4.78, 5) is 4.31. The van der Waals surface area contributed by atoms with Gasteiger partial charge in [-0.05, 0) is 25.5 Å². The van der Waals surface area contributed by atoms with E-state index in [-0.39, 0.29) is 0 Å². The molecule has 0 aliphatic carbocycles. The molecule has 16 heavy (non-hydrogen) atoms. The molecule has 3 nitrogen and oxygen atoms in total. The minimum absolute atomic E-state index is 0.683. The van der Waals surface area contributed by atoms with Crippen LogP contribution in [0.3, 0.4) is 0 Å². The number of hydrogen-bond acceptors (Lipinski definition) is 2. The van der Waals surface area contributed by atoms with Crippen molar-refractivity contribution < 1.29 is 0 Å². The van der Waals surface area contributed by atoms with Crippen LogP contribution >= 0.6 is 11.6 Å². The maximum absolute atomic E-state index is 6.08. The molecule has 0 spiro atoms. The number of nitrogens with two attached hydrogens (primary N) is 1. The van der Waals surface area contributed by atoms with Crippen molar-refractivity contribution >= 4 is 17.4 Å². The number of imidazole rings is 1. The Kier molecular flexibility index (Phi) is 2.88. The van der Waals surface area contributed by atoms with Gasteiger partial charge in [-0.2, -0.15) is 0 Å². The van der Waals surface area contributed by atoms with E-state index in [9.17, 15) is 0 Å². The normalized spacial score (nSPS) is 10.7. The Morgan fingerprint density at radius 2 is 2.19 bits per heavy atom. The van der Waals surface area contributed by atoms with Crippen molar-refractivity contribution in [3.05, 3.63) is 35.1 Å². The first-order valence-corrected chi connectivity index (χ1v) is 5.58. The molecule has 2 rings (SSSR count). The molecule has 0 aliphatic heterocycles. The van der Waals surface area contributed by atoms with Crippen LogP contribution in [0.5, 0.6) is 0 Å². The molecule has 0 saturated carbocycles. The summed E-state index contributed by atoms with van der Waals surface area (Å²) in [5, 5.41) is 0.739. The number of anilines is 1. The van der Waals surface area contributed by atoms with Gasteiger partial charge in [-0.25, -0.2) is 4.98 Å². The SMILES string of the molecule is CCn1cnc(-c2ccc(C)c(Cl)c2)c1N. The molecule has 4 heteroatoms. The fraction of sp³-hybridized carbons (Fsp3) is 0.250. The number of nitrogens with zero attached hydrogens (tertiary/aromatic N) is 2. The van der Waals surface area contributed by atoms with Gasteiger partial charge in [-0.3, -0.25) is 0 Å². The predicted molar refractivity (Wildman–Crippen MR) is 67.5 cm³/mol. The summed E-state index contributed by atoms with van der Waals surface area (Å²) >= 11 is 6.08. The molecule has 2 N–H and O–H groups in total. The van der Waals surface area contributed by atoms with Crippen LogP contribution in [0, 0.1) is 6.92 Å². The van der Waals surface area contributed by atoms with Crippen LogP contribution in [0.1, 0.15) is 12.5 Å². The second-order valence-electron chi connectivity index (χ2n) is 3.73. The summed E-state index contributed by atoms with van der Waals surface area (Å²) in [6.07, 6.45) is 1.75. The summed E-state index contributed by atoms with van der Waals surface area (Å²) in [5.74, 6) is 0.683. The van der Waals surface area contributed by atoms with E-state index in [1.165, 1.54) is 0 Å². The summed E-state index contributed by atoms with van der Waals surface area (Å²) in [6.45, 7) is 4.82. The molecule has 0 atom stereocenters. The first-order chi connectivity index (χ1) is 7.63. The molecule has 0 fully saturated rings. The molecule has 0 amide bonds. The van der Waals surface area contributed by atoms with E-state index in [2.05, 4.69) is 4.98 Å². The van der Waals surface area contributed by atoms with Crippen LogP contribution in [-0.2, 0) is 6.54 Å². The molecule has 1 aromatic heterocycles. The lowest BCUT2D eigenvalue weighted by Crippen LogP contribution is -1.99. The van der Waals surface area contributed by atoms with Gasteiger partial charge in [0.1, 0.15) is 11.5 Å². The van der Waals surface area contributed by atoms with Gasteiger partial charge in [-0.1, -0.05) is 23.7 Å². The average molecular weight is 236 g/mol. The maximum atomic E-state index is 6.08. The summed E-state index contributed by atoms with van der Waals surface area (Å²) in [6, 6.07) is 5.86. The van der Waals surface area contributed by atoms with Gasteiger partial charge < -0.3 is 10.3 Å². The van der Waals surface area contributed by atoms with E-state index in [0.29, 0.717) is 5.82 Å². The molecule has 0 radical (unpaired) electrons. The van der Waals surface area contributed by atoms with E-state index >= 15 is 0 Å². The van der Waals surface area contributed by atoms with Crippen molar-refractivity contribution in [1.82, 2.24) is 9.55 Å². The molecule has 0 saturated heterocycles. The van der Waals surface area contributed by atoms with Gasteiger partial charge in [0.05, 0.1) is 6.33 Å². The second kappa shape index (κ2) is 4.18. The van der Waals surface area contributed by atoms with Gasteiger partial charge in [0.2, 0.25) is 0 Å². The largest absolute Gasteiger partial charge is 0.383 e. The number of aromatic nitrogens is 2. The molecule has 1 aromatic carbocycles. The third kappa shape index (κ3) is 1.78. The second-order valence-corrected chi connectivity index (χ2v) is 4.14. The lowest BCUT2D eigenvalue weighted by Gasteiger charge is -2.04. The van der Waals surface area contributed by atoms with E-state index in [1.54, 1.807) is 6.33 Å². The first kappa shape index (κ1) is 11.0. The number of rotatable bonds is 2. The fourth-order valence-corrected chi connectivity index (χ4v) is 1.79. The van der Waals surface area contributed by atoms with E-state index in [0.717, 1.165) is 28.4 Å². The third-order valence-electron chi connectivity index (χ3n) is 2.66. The molecule has 1 heterocycles. The molecule has 2 aromatic rings. The lowest BCUT2D eigenvalue weighted by molar-refractivity contribution is 0.771. The van der Waals surface area contributed by atoms with Crippen LogP contribution in [0.25, 0.3) is 11.3 Å². The van der Waals surface area contributed by atoms with Gasteiger partial charge >= 0.3 is 0 Å². The monoisotopic (exact) mass is 235 g/mol. The Labute approximate surface area is 99.9 Å². The van der Waals surface area contributed by atoms with Crippen LogP contribution in [0.2, 0.25) is 5.02 Å². The van der Waals surface area contributed by atoms with Crippen molar-refractivity contribution in [2.45, 2.75) is 20.4 Å². The highest BCUT2D eigenvalue weighted by Gasteiger charge is 2.09. The van der Waals surface area contributed by atoms with Crippen molar-refractivity contribution in [3.8, 4) is 11.3 Å². The highest BCUT2D eigenvalue weighted by molar-refractivity contribution is 6.31. The zero-order valence-corrected chi connectivity index (χ0v) is 10.1. The van der Waals surface area contributed by atoms with Crippen LogP contribution < -0.4 is 5.73 Å². The van der Waals surface area contributed by atoms with Gasteiger partial charge in [0, 0.05) is 17.1 Å². The zero-order chi connectivity index (χ0) is 11.7. The van der Waals surface area contributed by atoms with E-state index < -0.39 is 0 Å². The Hall–Kier alpha value is -1.48. The molecular formula is C12H14ClN3. The molecule has 0 unspecified atom stereocenters. The zero-order valence-electron chi connectivity index (χ0n) is 9.37. The Bertz CT molecular complexity index is 517. The molecular weight excluding hydrogens is 222 g/mol. The highest BCUT2D eigenvalue weighted by atomic mass is 35.5. The number of nitrogen functional groups attached to an aromatic ring is 1. The van der Waals surface area contributed by atoms with Crippen molar-refractivity contribution in [3.63, 3.8) is 0 Å². The van der Waals surface area contributed by atoms with Crippen LogP contribution in [-0.4, -0.2) is 9.55 Å². The molecule has 0 bridgehead atoms. The van der Waals surface area contributed by atoms with Crippen molar-refractivity contribution in [2.75, 3.05) is 5.73 Å². The topological polar surface area (TPSA) is 43.8 Å². The Morgan fingerprint density at radius 3 is 2.75 bits per heavy atom. The summed E-state index contributed by atoms with van der Waals surface area (Å²) in [5.41, 5.74) is 8.80. The minimum atomic E-state index is 0.683. The van der Waals surface area contributed by atoms with Gasteiger partial charge in [-0.15, -0.1) is 0 Å². The predicted octanol–water partition coefficient (Wildman–Crippen LogP) is 3.11. The maximum Gasteiger partial charge on any atom is 0.131 e. The highest BCUT2D eigenvalue weighted by Crippen LogP contribution is 2.28. The number of aryl methyl sites for hydroxylation is 2. The fourth-order valence-electron chi connectivity index (χ4n) is 1.61. The molecule has 84 valence electrons. The Morgan fingerprint density at radius 1 is 1.44 bits per heavy atom. The van der Waals surface area contributed by atoms with Crippen molar-refractivity contribution in [1.29, 1.82) is 0 Å². The van der Waals surface area contributed by atoms with E-state index in [1.807, 2.05) is 36.6 Å². The van der Waals surface area contributed by atoms with Gasteiger partial charge in [0.25, 0.3) is 0 Å². The number of hydrogen-bond donors (Lipinski definition) is 1. The lowest BCUT2D eigenvalue weighted by atomic mass is 10.1. The first-order valence-electron chi connectivity index (χ1n) is 5.20. The van der Waals surface area contributed by atoms with Crippen LogP contribution in [0.15, 0.2) is 24.5 Å². The molecule has 0 aliphatic rings. The van der Waals surface area contributed by atoms with Crippen molar-refractivity contribution in [2.24, 2.45) is 0 Å². The average Bonchev–Trinajstić information content (AvgIpc) is 2.64.